The molecule has 0 unspecified atom stereocenters. The maximum Gasteiger partial charge on any atom is -0.0144 e. The molecule has 0 saturated carbocycles. The van der Waals surface area contributed by atoms with Crippen molar-refractivity contribution in [2.75, 3.05) is 0 Å². The highest BCUT2D eigenvalue weighted by Crippen LogP contribution is 2.11. The minimum absolute atomic E-state index is 0.992. The molecule has 0 aliphatic heterocycles. The van der Waals surface area contributed by atoms with Crippen LogP contribution in [0.2, 0.25) is 0 Å². The van der Waals surface area contributed by atoms with Crippen LogP contribution in [0, 0.1) is 0 Å². The summed E-state index contributed by atoms with van der Waals surface area (Å²) < 4.78 is 0. The zero-order valence-electron chi connectivity index (χ0n) is 7.73. The molecule has 0 heterocycles. The molecule has 0 aliphatic rings. The van der Waals surface area contributed by atoms with Crippen LogP contribution in [-0.2, 0) is 0 Å². The molecule has 0 spiro atoms. The molecule has 0 nitrogen and oxygen atoms in total. The van der Waals surface area contributed by atoms with E-state index in [-0.39, 0.29) is 0 Å². The highest BCUT2D eigenvalue weighted by atomic mass is 14.0. The molecule has 0 radical (unpaired) electrons. The van der Waals surface area contributed by atoms with Crippen LogP contribution in [0.3, 0.4) is 0 Å². The Hall–Kier alpha value is -0.520. The lowest BCUT2D eigenvalue weighted by Crippen LogP contribution is -1.81. The van der Waals surface area contributed by atoms with Crippen LogP contribution in [0.15, 0.2) is 24.8 Å². The van der Waals surface area contributed by atoms with Gasteiger partial charge in [-0.2, -0.15) is 0 Å². The SMILES string of the molecule is C=CCC(=C)CCCCCC. The van der Waals surface area contributed by atoms with Crippen molar-refractivity contribution < 1.29 is 0 Å². The number of unbranched alkanes of at least 4 members (excludes halogenated alkanes) is 3. The summed E-state index contributed by atoms with van der Waals surface area (Å²) in [5.74, 6) is 0. The van der Waals surface area contributed by atoms with Gasteiger partial charge in [0.1, 0.15) is 0 Å². The van der Waals surface area contributed by atoms with Crippen LogP contribution in [0.5, 0.6) is 0 Å². The van der Waals surface area contributed by atoms with Crippen LogP contribution >= 0.6 is 0 Å². The molecule has 0 fully saturated rings. The van der Waals surface area contributed by atoms with Gasteiger partial charge in [-0.3, -0.25) is 0 Å². The third-order valence-corrected chi connectivity index (χ3v) is 1.82. The number of hydrogen-bond acceptors (Lipinski definition) is 0. The molecular weight excluding hydrogens is 132 g/mol. The summed E-state index contributed by atoms with van der Waals surface area (Å²) in [6.07, 6.45) is 9.45. The van der Waals surface area contributed by atoms with Crippen molar-refractivity contribution in [2.45, 2.75) is 45.4 Å². The fourth-order valence-electron chi connectivity index (χ4n) is 1.11. The lowest BCUT2D eigenvalue weighted by molar-refractivity contribution is 0.661. The highest BCUT2D eigenvalue weighted by Gasteiger charge is 1.91. The van der Waals surface area contributed by atoms with Crippen molar-refractivity contribution in [3.8, 4) is 0 Å². The molecule has 0 heteroatoms. The fraction of sp³-hybridized carbons (Fsp3) is 0.636. The van der Waals surface area contributed by atoms with Gasteiger partial charge >= 0.3 is 0 Å². The number of hydrogen-bond donors (Lipinski definition) is 0. The molecule has 0 N–H and O–H groups in total. The second-order valence-corrected chi connectivity index (χ2v) is 3.05. The summed E-state index contributed by atoms with van der Waals surface area (Å²) >= 11 is 0. The molecule has 0 aliphatic carbocycles. The first kappa shape index (κ1) is 10.5. The third kappa shape index (κ3) is 7.38. The molecule has 0 amide bonds. The monoisotopic (exact) mass is 152 g/mol. The smallest absolute Gasteiger partial charge is 0.0144 e. The fourth-order valence-corrected chi connectivity index (χ4v) is 1.11. The summed E-state index contributed by atoms with van der Waals surface area (Å²) in [6, 6.07) is 0. The molecule has 11 heavy (non-hydrogen) atoms. The molecular formula is C11H20. The quantitative estimate of drug-likeness (QED) is 0.381. The van der Waals surface area contributed by atoms with E-state index in [2.05, 4.69) is 20.1 Å². The van der Waals surface area contributed by atoms with E-state index in [0.717, 1.165) is 6.42 Å². The van der Waals surface area contributed by atoms with Crippen LogP contribution in [0.1, 0.15) is 45.4 Å². The van der Waals surface area contributed by atoms with Crippen LogP contribution in [0.25, 0.3) is 0 Å². The van der Waals surface area contributed by atoms with Gasteiger partial charge in [0.05, 0.1) is 0 Å². The van der Waals surface area contributed by atoms with Gasteiger partial charge in [-0.1, -0.05) is 44.4 Å². The Labute approximate surface area is 71.0 Å². The molecule has 0 saturated heterocycles. The Morgan fingerprint density at radius 2 is 2.00 bits per heavy atom. The Kier molecular flexibility index (Phi) is 7.23. The minimum atomic E-state index is 0.992. The number of allylic oxidation sites excluding steroid dienone is 2. The Morgan fingerprint density at radius 1 is 1.27 bits per heavy atom. The van der Waals surface area contributed by atoms with Gasteiger partial charge < -0.3 is 0 Å². The van der Waals surface area contributed by atoms with E-state index < -0.39 is 0 Å². The average molecular weight is 152 g/mol. The van der Waals surface area contributed by atoms with E-state index in [4.69, 9.17) is 0 Å². The molecule has 0 aromatic carbocycles. The van der Waals surface area contributed by atoms with Gasteiger partial charge in [-0.05, 0) is 19.3 Å². The van der Waals surface area contributed by atoms with Gasteiger partial charge in [0.15, 0.2) is 0 Å². The van der Waals surface area contributed by atoms with Gasteiger partial charge in [0.25, 0.3) is 0 Å². The van der Waals surface area contributed by atoms with Gasteiger partial charge in [-0.25, -0.2) is 0 Å². The Balaban J connectivity index is 3.10. The Morgan fingerprint density at radius 3 is 2.55 bits per heavy atom. The van der Waals surface area contributed by atoms with E-state index in [0.29, 0.717) is 0 Å². The number of rotatable bonds is 7. The first-order chi connectivity index (χ1) is 5.31. The predicted octanol–water partition coefficient (Wildman–Crippen LogP) is 4.09. The zero-order chi connectivity index (χ0) is 8.53. The van der Waals surface area contributed by atoms with Crippen LogP contribution in [0.4, 0.5) is 0 Å². The Bertz CT molecular complexity index is 111. The van der Waals surface area contributed by atoms with E-state index in [1.54, 1.807) is 0 Å². The van der Waals surface area contributed by atoms with Crippen molar-refractivity contribution in [1.29, 1.82) is 0 Å². The summed E-state index contributed by atoms with van der Waals surface area (Å²) in [4.78, 5) is 0. The van der Waals surface area contributed by atoms with Gasteiger partial charge in [-0.15, -0.1) is 6.58 Å². The van der Waals surface area contributed by atoms with Crippen molar-refractivity contribution in [1.82, 2.24) is 0 Å². The van der Waals surface area contributed by atoms with Gasteiger partial charge in [0.2, 0.25) is 0 Å². The van der Waals surface area contributed by atoms with Crippen LogP contribution < -0.4 is 0 Å². The normalized spacial score (nSPS) is 9.55. The molecule has 0 atom stereocenters. The minimum Gasteiger partial charge on any atom is -0.103 e. The summed E-state index contributed by atoms with van der Waals surface area (Å²) in [5, 5.41) is 0. The van der Waals surface area contributed by atoms with Crippen molar-refractivity contribution in [3.05, 3.63) is 24.8 Å². The third-order valence-electron chi connectivity index (χ3n) is 1.82. The molecule has 0 rings (SSSR count). The first-order valence-corrected chi connectivity index (χ1v) is 4.58. The molecule has 64 valence electrons. The standard InChI is InChI=1S/C11H20/c1-4-6-7-8-10-11(3)9-5-2/h5H,2-4,6-10H2,1H3. The summed E-state index contributed by atoms with van der Waals surface area (Å²) in [6.45, 7) is 9.89. The predicted molar refractivity (Wildman–Crippen MR) is 52.7 cm³/mol. The largest absolute Gasteiger partial charge is 0.103 e. The average Bonchev–Trinajstić information content (AvgIpc) is 1.99. The summed E-state index contributed by atoms with van der Waals surface area (Å²) in [7, 11) is 0. The second-order valence-electron chi connectivity index (χ2n) is 3.05. The second kappa shape index (κ2) is 7.59. The summed E-state index contributed by atoms with van der Waals surface area (Å²) in [5.41, 5.74) is 1.33. The highest BCUT2D eigenvalue weighted by molar-refractivity contribution is 4.99. The van der Waals surface area contributed by atoms with Crippen molar-refractivity contribution in [3.63, 3.8) is 0 Å². The van der Waals surface area contributed by atoms with Crippen molar-refractivity contribution in [2.24, 2.45) is 0 Å². The van der Waals surface area contributed by atoms with Gasteiger partial charge in [0, 0.05) is 0 Å². The van der Waals surface area contributed by atoms with Crippen LogP contribution in [-0.4, -0.2) is 0 Å². The first-order valence-electron chi connectivity index (χ1n) is 4.58. The molecule has 0 bridgehead atoms. The van der Waals surface area contributed by atoms with E-state index in [9.17, 15) is 0 Å². The molecule has 0 aromatic heterocycles. The van der Waals surface area contributed by atoms with E-state index in [1.165, 1.54) is 37.7 Å². The lowest BCUT2D eigenvalue weighted by Gasteiger charge is -2.00. The van der Waals surface area contributed by atoms with Crippen molar-refractivity contribution >= 4 is 0 Å². The van der Waals surface area contributed by atoms with E-state index in [1.807, 2.05) is 6.08 Å². The lowest BCUT2D eigenvalue weighted by atomic mass is 10.1. The zero-order valence-corrected chi connectivity index (χ0v) is 7.73. The maximum atomic E-state index is 3.97. The topological polar surface area (TPSA) is 0 Å². The molecule has 0 aromatic rings. The maximum absolute atomic E-state index is 3.97. The van der Waals surface area contributed by atoms with E-state index >= 15 is 0 Å².